The summed E-state index contributed by atoms with van der Waals surface area (Å²) in [5.41, 5.74) is 0. The molecule has 0 aliphatic carbocycles. The maximum absolute atomic E-state index is 11.8. The second-order valence-electron chi connectivity index (χ2n) is 7.20. The van der Waals surface area contributed by atoms with Gasteiger partial charge in [0.25, 0.3) is 6.08 Å². The molecule has 0 fully saturated rings. The van der Waals surface area contributed by atoms with Crippen molar-refractivity contribution in [3.63, 3.8) is 0 Å². The third-order valence-electron chi connectivity index (χ3n) is 4.64. The van der Waals surface area contributed by atoms with Crippen LogP contribution in [0.4, 0.5) is 8.78 Å². The molecule has 0 heterocycles. The number of ether oxygens (including phenoxy) is 1. The maximum atomic E-state index is 11.8. The van der Waals surface area contributed by atoms with E-state index in [-0.39, 0.29) is 18.8 Å². The smallest absolute Gasteiger partial charge is 0.305 e. The molecule has 0 aromatic heterocycles. The van der Waals surface area contributed by atoms with Crippen LogP contribution < -0.4 is 0 Å². The van der Waals surface area contributed by atoms with Gasteiger partial charge in [0.2, 0.25) is 0 Å². The number of unbranched alkanes of at least 4 members (excludes halogenated alkanes) is 14. The van der Waals surface area contributed by atoms with Crippen molar-refractivity contribution in [3.8, 4) is 0 Å². The van der Waals surface area contributed by atoms with Gasteiger partial charge in [0, 0.05) is 6.42 Å². The van der Waals surface area contributed by atoms with Gasteiger partial charge in [0.1, 0.15) is 0 Å². The van der Waals surface area contributed by atoms with Crippen LogP contribution in [-0.4, -0.2) is 12.6 Å². The Morgan fingerprint density at radius 1 is 0.731 bits per heavy atom. The van der Waals surface area contributed by atoms with Crippen LogP contribution in [0, 0.1) is 0 Å². The van der Waals surface area contributed by atoms with E-state index in [9.17, 15) is 13.6 Å². The van der Waals surface area contributed by atoms with Crippen LogP contribution in [0.2, 0.25) is 0 Å². The minimum absolute atomic E-state index is 0.225. The van der Waals surface area contributed by atoms with Crippen molar-refractivity contribution in [3.05, 3.63) is 12.2 Å². The van der Waals surface area contributed by atoms with Crippen LogP contribution in [0.15, 0.2) is 12.2 Å². The van der Waals surface area contributed by atoms with Gasteiger partial charge >= 0.3 is 5.97 Å². The predicted octanol–water partition coefficient (Wildman–Crippen LogP) is 7.96. The van der Waals surface area contributed by atoms with Gasteiger partial charge < -0.3 is 4.74 Å². The summed E-state index contributed by atoms with van der Waals surface area (Å²) < 4.78 is 28.7. The Kier molecular flexibility index (Phi) is 19.7. The number of carbonyl (C=O) groups is 1. The first kappa shape index (κ1) is 25.1. The third-order valence-corrected chi connectivity index (χ3v) is 4.64. The van der Waals surface area contributed by atoms with Crippen molar-refractivity contribution in [2.75, 3.05) is 6.61 Å². The average Bonchev–Trinajstić information content (AvgIpc) is 2.62. The number of rotatable bonds is 19. The van der Waals surface area contributed by atoms with E-state index in [0.717, 1.165) is 18.9 Å². The molecule has 4 heteroatoms. The molecule has 0 atom stereocenters. The van der Waals surface area contributed by atoms with Gasteiger partial charge in [-0.3, -0.25) is 4.79 Å². The number of carbonyl (C=O) groups excluding carboxylic acids is 1. The van der Waals surface area contributed by atoms with Gasteiger partial charge in [-0.25, -0.2) is 0 Å². The molecule has 0 aromatic carbocycles. The summed E-state index contributed by atoms with van der Waals surface area (Å²) in [7, 11) is 0. The van der Waals surface area contributed by atoms with Crippen LogP contribution in [0.25, 0.3) is 0 Å². The van der Waals surface area contributed by atoms with E-state index in [0.29, 0.717) is 13.0 Å². The summed E-state index contributed by atoms with van der Waals surface area (Å²) in [6.07, 6.45) is 18.3. The second kappa shape index (κ2) is 20.4. The molecule has 0 N–H and O–H groups in total. The standard InChI is InChI=1S/C22H40F2O2/c1-2-3-4-5-6-7-8-9-10-11-12-13-14-17-20-26-22(25)19-16-15-18-21(23)24/h18H,2-17,19-20H2,1H3. The van der Waals surface area contributed by atoms with Crippen LogP contribution in [0.5, 0.6) is 0 Å². The summed E-state index contributed by atoms with van der Waals surface area (Å²) in [6.45, 7) is 2.72. The van der Waals surface area contributed by atoms with Crippen LogP contribution >= 0.6 is 0 Å². The van der Waals surface area contributed by atoms with Crippen molar-refractivity contribution in [1.29, 1.82) is 0 Å². The van der Waals surface area contributed by atoms with Crippen molar-refractivity contribution >= 4 is 5.97 Å². The van der Waals surface area contributed by atoms with E-state index in [2.05, 4.69) is 6.92 Å². The second-order valence-corrected chi connectivity index (χ2v) is 7.20. The Morgan fingerprint density at radius 3 is 1.65 bits per heavy atom. The molecule has 2 nitrogen and oxygen atoms in total. The summed E-state index contributed by atoms with van der Waals surface area (Å²) in [4.78, 5) is 11.4. The highest BCUT2D eigenvalue weighted by atomic mass is 19.3. The zero-order chi connectivity index (χ0) is 19.3. The number of hydrogen-bond donors (Lipinski definition) is 0. The summed E-state index contributed by atoms with van der Waals surface area (Å²) in [6, 6.07) is 0. The maximum Gasteiger partial charge on any atom is 0.305 e. The van der Waals surface area contributed by atoms with Crippen molar-refractivity contribution in [2.24, 2.45) is 0 Å². The SMILES string of the molecule is CCCCCCCCCCCCCCCCOC(=O)CCCC=C(F)F. The van der Waals surface area contributed by atoms with Gasteiger partial charge in [-0.15, -0.1) is 0 Å². The van der Waals surface area contributed by atoms with E-state index in [4.69, 9.17) is 4.74 Å². The minimum Gasteiger partial charge on any atom is -0.466 e. The molecular weight excluding hydrogens is 334 g/mol. The molecule has 0 aromatic rings. The molecule has 0 rings (SSSR count). The topological polar surface area (TPSA) is 26.3 Å². The zero-order valence-electron chi connectivity index (χ0n) is 16.9. The zero-order valence-corrected chi connectivity index (χ0v) is 16.9. The van der Waals surface area contributed by atoms with Gasteiger partial charge in [0.05, 0.1) is 6.61 Å². The van der Waals surface area contributed by atoms with Crippen molar-refractivity contribution in [2.45, 2.75) is 116 Å². The highest BCUT2D eigenvalue weighted by molar-refractivity contribution is 5.69. The van der Waals surface area contributed by atoms with Crippen LogP contribution in [0.3, 0.4) is 0 Å². The van der Waals surface area contributed by atoms with Gasteiger partial charge in [-0.05, 0) is 25.3 Å². The Bertz CT molecular complexity index is 339. The lowest BCUT2D eigenvalue weighted by molar-refractivity contribution is -0.143. The quantitative estimate of drug-likeness (QED) is 0.169. The first-order valence-corrected chi connectivity index (χ1v) is 10.8. The fourth-order valence-corrected chi connectivity index (χ4v) is 3.01. The van der Waals surface area contributed by atoms with E-state index in [1.165, 1.54) is 77.0 Å². The number of hydrogen-bond acceptors (Lipinski definition) is 2. The Morgan fingerprint density at radius 2 is 1.19 bits per heavy atom. The van der Waals surface area contributed by atoms with Crippen molar-refractivity contribution < 1.29 is 18.3 Å². The molecule has 0 aliphatic rings. The minimum atomic E-state index is -1.68. The molecule has 0 amide bonds. The van der Waals surface area contributed by atoms with E-state index in [1.807, 2.05) is 0 Å². The first-order valence-electron chi connectivity index (χ1n) is 10.8. The molecule has 0 saturated carbocycles. The average molecular weight is 375 g/mol. The van der Waals surface area contributed by atoms with E-state index >= 15 is 0 Å². The Labute approximate surface area is 159 Å². The molecule has 0 saturated heterocycles. The van der Waals surface area contributed by atoms with E-state index < -0.39 is 6.08 Å². The Balaban J connectivity index is 3.15. The molecule has 26 heavy (non-hydrogen) atoms. The van der Waals surface area contributed by atoms with Gasteiger partial charge in [-0.2, -0.15) is 8.78 Å². The number of halogens is 2. The summed E-state index contributed by atoms with van der Waals surface area (Å²) >= 11 is 0. The first-order chi connectivity index (χ1) is 12.7. The molecule has 0 bridgehead atoms. The van der Waals surface area contributed by atoms with Gasteiger partial charge in [-0.1, -0.05) is 90.4 Å². The molecule has 0 aliphatic heterocycles. The highest BCUT2D eigenvalue weighted by Crippen LogP contribution is 2.13. The molecule has 154 valence electrons. The summed E-state index contributed by atoms with van der Waals surface area (Å²) in [5, 5.41) is 0. The normalized spacial score (nSPS) is 10.7. The third kappa shape index (κ3) is 21.1. The van der Waals surface area contributed by atoms with Crippen LogP contribution in [0.1, 0.15) is 116 Å². The predicted molar refractivity (Wildman–Crippen MR) is 105 cm³/mol. The summed E-state index contributed by atoms with van der Waals surface area (Å²) in [5.74, 6) is -0.271. The molecular formula is C22H40F2O2. The fourth-order valence-electron chi connectivity index (χ4n) is 3.01. The van der Waals surface area contributed by atoms with E-state index in [1.54, 1.807) is 0 Å². The van der Waals surface area contributed by atoms with Crippen molar-refractivity contribution in [1.82, 2.24) is 0 Å². The lowest BCUT2D eigenvalue weighted by Crippen LogP contribution is -2.05. The molecule has 0 radical (unpaired) electrons. The number of allylic oxidation sites excluding steroid dienone is 1. The molecule has 0 spiro atoms. The lowest BCUT2D eigenvalue weighted by Gasteiger charge is -2.05. The monoisotopic (exact) mass is 374 g/mol. The highest BCUT2D eigenvalue weighted by Gasteiger charge is 2.02. The van der Waals surface area contributed by atoms with Crippen LogP contribution in [-0.2, 0) is 9.53 Å². The fraction of sp³-hybridized carbons (Fsp3) is 0.864. The molecule has 0 unspecified atom stereocenters. The lowest BCUT2D eigenvalue weighted by atomic mass is 10.0. The largest absolute Gasteiger partial charge is 0.466 e. The number of esters is 1. The van der Waals surface area contributed by atoms with Gasteiger partial charge in [0.15, 0.2) is 0 Å². The Hall–Kier alpha value is -0.930.